The van der Waals surface area contributed by atoms with Crippen LogP contribution in [-0.2, 0) is 25.6 Å². The van der Waals surface area contributed by atoms with Crippen LogP contribution in [0, 0.1) is 12.8 Å². The number of hydrogen-bond donors (Lipinski definition) is 1. The summed E-state index contributed by atoms with van der Waals surface area (Å²) in [5, 5.41) is 2.71. The van der Waals surface area contributed by atoms with Crippen molar-refractivity contribution < 1.29 is 22.1 Å². The van der Waals surface area contributed by atoms with E-state index in [1.54, 1.807) is 12.1 Å². The highest BCUT2D eigenvalue weighted by Crippen LogP contribution is 2.16. The summed E-state index contributed by atoms with van der Waals surface area (Å²) in [5.41, 5.74) is 1.88. The van der Waals surface area contributed by atoms with Crippen molar-refractivity contribution in [2.24, 2.45) is 5.92 Å². The van der Waals surface area contributed by atoms with Gasteiger partial charge in [-0.3, -0.25) is 4.18 Å². The molecule has 2 rings (SSSR count). The van der Waals surface area contributed by atoms with Crippen molar-refractivity contribution in [2.75, 3.05) is 13.2 Å². The largest absolute Gasteiger partial charge is 0.445 e. The van der Waals surface area contributed by atoms with E-state index in [-0.39, 0.29) is 30.6 Å². The van der Waals surface area contributed by atoms with E-state index >= 15 is 0 Å². The fourth-order valence-electron chi connectivity index (χ4n) is 2.70. The van der Waals surface area contributed by atoms with Crippen LogP contribution in [0.15, 0.2) is 59.5 Å². The summed E-state index contributed by atoms with van der Waals surface area (Å²) < 4.78 is 35.2. The molecule has 0 bridgehead atoms. The van der Waals surface area contributed by atoms with Gasteiger partial charge in [-0.1, -0.05) is 67.8 Å². The number of benzene rings is 2. The molecule has 0 fully saturated rings. The van der Waals surface area contributed by atoms with Crippen molar-refractivity contribution in [3.63, 3.8) is 0 Å². The van der Waals surface area contributed by atoms with Crippen LogP contribution in [0.3, 0.4) is 0 Å². The standard InChI is InChI=1S/C22H29NO5S/c1-3-4-8-20(15-23-22(24)27-16-19-9-6-5-7-10-19)17-28-29(25,26)21-13-11-18(2)12-14-21/h5-7,9-14,20H,3-4,8,15-17H2,1-2H3,(H,23,24). The number of rotatable bonds is 11. The molecule has 0 aromatic heterocycles. The maximum Gasteiger partial charge on any atom is 0.407 e. The Balaban J connectivity index is 1.84. The smallest absolute Gasteiger partial charge is 0.407 e. The van der Waals surface area contributed by atoms with E-state index in [4.69, 9.17) is 8.92 Å². The van der Waals surface area contributed by atoms with Crippen LogP contribution in [0.5, 0.6) is 0 Å². The normalized spacial score (nSPS) is 12.3. The molecule has 29 heavy (non-hydrogen) atoms. The zero-order valence-corrected chi connectivity index (χ0v) is 17.8. The average Bonchev–Trinajstić information content (AvgIpc) is 2.72. The Hall–Kier alpha value is -2.38. The molecular formula is C22H29NO5S. The second-order valence-electron chi connectivity index (χ2n) is 7.00. The van der Waals surface area contributed by atoms with E-state index < -0.39 is 16.2 Å². The van der Waals surface area contributed by atoms with Crippen LogP contribution < -0.4 is 5.32 Å². The van der Waals surface area contributed by atoms with Crippen LogP contribution >= 0.6 is 0 Å². The third-order valence-electron chi connectivity index (χ3n) is 4.48. The van der Waals surface area contributed by atoms with Crippen molar-refractivity contribution in [2.45, 2.75) is 44.6 Å². The van der Waals surface area contributed by atoms with Gasteiger partial charge in [-0.05, 0) is 31.0 Å². The van der Waals surface area contributed by atoms with Crippen molar-refractivity contribution in [1.82, 2.24) is 5.32 Å². The first-order chi connectivity index (χ1) is 13.9. The van der Waals surface area contributed by atoms with Crippen LogP contribution in [0.2, 0.25) is 0 Å². The Kier molecular flexibility index (Phi) is 9.15. The first-order valence-electron chi connectivity index (χ1n) is 9.81. The molecule has 1 atom stereocenters. The second-order valence-corrected chi connectivity index (χ2v) is 8.62. The number of hydrogen-bond acceptors (Lipinski definition) is 5. The topological polar surface area (TPSA) is 81.7 Å². The molecule has 1 amide bonds. The number of alkyl carbamates (subject to hydrolysis) is 1. The number of amides is 1. The van der Waals surface area contributed by atoms with Crippen molar-refractivity contribution in [3.8, 4) is 0 Å². The van der Waals surface area contributed by atoms with Gasteiger partial charge < -0.3 is 10.1 Å². The molecule has 2 aromatic carbocycles. The molecular weight excluding hydrogens is 390 g/mol. The van der Waals surface area contributed by atoms with Crippen molar-refractivity contribution in [3.05, 3.63) is 65.7 Å². The molecule has 0 aliphatic carbocycles. The number of unbranched alkanes of at least 4 members (excludes halogenated alkanes) is 1. The van der Waals surface area contributed by atoms with Gasteiger partial charge in [-0.15, -0.1) is 0 Å². The molecule has 0 saturated heterocycles. The van der Waals surface area contributed by atoms with Gasteiger partial charge in [0.1, 0.15) is 6.61 Å². The van der Waals surface area contributed by atoms with Crippen LogP contribution in [0.25, 0.3) is 0 Å². The Morgan fingerprint density at radius 1 is 1.07 bits per heavy atom. The van der Waals surface area contributed by atoms with E-state index in [1.807, 2.05) is 37.3 Å². The van der Waals surface area contributed by atoms with Gasteiger partial charge in [0.2, 0.25) is 0 Å². The fraction of sp³-hybridized carbons (Fsp3) is 0.409. The monoisotopic (exact) mass is 419 g/mol. The lowest BCUT2D eigenvalue weighted by molar-refractivity contribution is 0.135. The number of ether oxygens (including phenoxy) is 1. The van der Waals surface area contributed by atoms with E-state index in [9.17, 15) is 13.2 Å². The van der Waals surface area contributed by atoms with Crippen LogP contribution in [0.1, 0.15) is 37.3 Å². The molecule has 7 heteroatoms. The minimum atomic E-state index is -3.83. The molecule has 1 N–H and O–H groups in total. The summed E-state index contributed by atoms with van der Waals surface area (Å²) in [7, 11) is -3.83. The first-order valence-corrected chi connectivity index (χ1v) is 11.2. The highest BCUT2D eigenvalue weighted by Gasteiger charge is 2.19. The molecule has 158 valence electrons. The predicted octanol–water partition coefficient (Wildman–Crippen LogP) is 4.43. The van der Waals surface area contributed by atoms with Gasteiger partial charge in [-0.2, -0.15) is 8.42 Å². The Labute approximate surface area is 173 Å². The van der Waals surface area contributed by atoms with E-state index in [0.717, 1.165) is 30.4 Å². The Bertz CT molecular complexity index is 851. The number of nitrogens with one attached hydrogen (secondary N) is 1. The quantitative estimate of drug-likeness (QED) is 0.545. The van der Waals surface area contributed by atoms with Gasteiger partial charge in [-0.25, -0.2) is 4.79 Å². The van der Waals surface area contributed by atoms with E-state index in [0.29, 0.717) is 0 Å². The maximum absolute atomic E-state index is 12.4. The molecule has 0 radical (unpaired) electrons. The summed E-state index contributed by atoms with van der Waals surface area (Å²) in [6, 6.07) is 15.9. The molecule has 1 unspecified atom stereocenters. The minimum Gasteiger partial charge on any atom is -0.445 e. The lowest BCUT2D eigenvalue weighted by atomic mass is 10.0. The molecule has 0 aliphatic heterocycles. The highest BCUT2D eigenvalue weighted by molar-refractivity contribution is 7.86. The molecule has 0 spiro atoms. The fourth-order valence-corrected chi connectivity index (χ4v) is 3.67. The maximum atomic E-state index is 12.4. The van der Waals surface area contributed by atoms with Gasteiger partial charge in [0, 0.05) is 12.5 Å². The lowest BCUT2D eigenvalue weighted by Gasteiger charge is -2.17. The van der Waals surface area contributed by atoms with E-state index in [1.165, 1.54) is 12.1 Å². The van der Waals surface area contributed by atoms with Crippen LogP contribution in [0.4, 0.5) is 4.79 Å². The summed E-state index contributed by atoms with van der Waals surface area (Å²) in [5.74, 6) is -0.126. The molecule has 0 heterocycles. The van der Waals surface area contributed by atoms with E-state index in [2.05, 4.69) is 12.2 Å². The zero-order chi connectivity index (χ0) is 21.1. The Morgan fingerprint density at radius 3 is 2.41 bits per heavy atom. The summed E-state index contributed by atoms with van der Waals surface area (Å²) >= 11 is 0. The molecule has 0 aliphatic rings. The number of carbonyl (C=O) groups is 1. The second kappa shape index (κ2) is 11.6. The van der Waals surface area contributed by atoms with Gasteiger partial charge in [0.05, 0.1) is 11.5 Å². The first kappa shape index (κ1) is 22.9. The number of aryl methyl sites for hydroxylation is 1. The summed E-state index contributed by atoms with van der Waals surface area (Å²) in [4.78, 5) is 12.1. The molecule has 2 aromatic rings. The third kappa shape index (κ3) is 8.25. The molecule has 0 saturated carbocycles. The lowest BCUT2D eigenvalue weighted by Crippen LogP contribution is -2.32. The summed E-state index contributed by atoms with van der Waals surface area (Å²) in [6.45, 7) is 4.43. The van der Waals surface area contributed by atoms with Crippen molar-refractivity contribution in [1.29, 1.82) is 0 Å². The third-order valence-corrected chi connectivity index (χ3v) is 5.78. The van der Waals surface area contributed by atoms with Gasteiger partial charge in [0.25, 0.3) is 10.1 Å². The molecule has 6 nitrogen and oxygen atoms in total. The van der Waals surface area contributed by atoms with Crippen LogP contribution in [-0.4, -0.2) is 27.7 Å². The minimum absolute atomic E-state index is 0.00910. The number of carbonyl (C=O) groups excluding carboxylic acids is 1. The predicted molar refractivity (Wildman–Crippen MR) is 112 cm³/mol. The van der Waals surface area contributed by atoms with Gasteiger partial charge >= 0.3 is 6.09 Å². The average molecular weight is 420 g/mol. The summed E-state index contributed by atoms with van der Waals surface area (Å²) in [6.07, 6.45) is 2.11. The SMILES string of the molecule is CCCCC(CNC(=O)OCc1ccccc1)COS(=O)(=O)c1ccc(C)cc1. The van der Waals surface area contributed by atoms with Gasteiger partial charge in [0.15, 0.2) is 0 Å². The highest BCUT2D eigenvalue weighted by atomic mass is 32.2. The van der Waals surface area contributed by atoms with Crippen molar-refractivity contribution >= 4 is 16.2 Å². The zero-order valence-electron chi connectivity index (χ0n) is 17.0. The Morgan fingerprint density at radius 2 is 1.76 bits per heavy atom.